The number of aromatic nitrogens is 2. The van der Waals surface area contributed by atoms with Crippen molar-refractivity contribution in [1.82, 2.24) is 15.1 Å². The van der Waals surface area contributed by atoms with Crippen LogP contribution in [0.4, 0.5) is 0 Å². The van der Waals surface area contributed by atoms with Gasteiger partial charge >= 0.3 is 0 Å². The van der Waals surface area contributed by atoms with Gasteiger partial charge in [0.1, 0.15) is 0 Å². The average molecular weight is 298 g/mol. The molecule has 0 saturated carbocycles. The molecule has 0 fully saturated rings. The number of terminal acetylenes is 1. The van der Waals surface area contributed by atoms with E-state index >= 15 is 0 Å². The van der Waals surface area contributed by atoms with E-state index < -0.39 is 0 Å². The van der Waals surface area contributed by atoms with Crippen LogP contribution in [-0.2, 0) is 19.5 Å². The second kappa shape index (κ2) is 6.83. The van der Waals surface area contributed by atoms with Gasteiger partial charge in [-0.1, -0.05) is 19.8 Å². The SMILES string of the molecule is C#CC(CC)NCc1c(Br)c(CC)nn1CC. The van der Waals surface area contributed by atoms with E-state index in [1.807, 2.05) is 4.68 Å². The molecule has 0 bridgehead atoms. The lowest BCUT2D eigenvalue weighted by Gasteiger charge is -2.11. The van der Waals surface area contributed by atoms with Crippen LogP contribution in [0.2, 0.25) is 0 Å². The molecule has 0 amide bonds. The zero-order chi connectivity index (χ0) is 12.8. The molecule has 1 unspecified atom stereocenters. The van der Waals surface area contributed by atoms with E-state index in [-0.39, 0.29) is 6.04 Å². The molecule has 0 spiro atoms. The molecule has 0 aliphatic heterocycles. The van der Waals surface area contributed by atoms with Crippen molar-refractivity contribution in [2.45, 2.75) is 52.7 Å². The van der Waals surface area contributed by atoms with Crippen molar-refractivity contribution in [2.75, 3.05) is 0 Å². The molecule has 4 heteroatoms. The summed E-state index contributed by atoms with van der Waals surface area (Å²) in [6, 6.07) is 0.132. The summed E-state index contributed by atoms with van der Waals surface area (Å²) in [5.41, 5.74) is 2.29. The second-order valence-corrected chi connectivity index (χ2v) is 4.68. The summed E-state index contributed by atoms with van der Waals surface area (Å²) in [6.45, 7) is 7.93. The van der Waals surface area contributed by atoms with Gasteiger partial charge in [0.15, 0.2) is 0 Å². The zero-order valence-corrected chi connectivity index (χ0v) is 12.3. The first-order valence-electron chi connectivity index (χ1n) is 6.11. The molecule has 0 aliphatic carbocycles. The predicted molar refractivity (Wildman–Crippen MR) is 74.7 cm³/mol. The fourth-order valence-electron chi connectivity index (χ4n) is 1.73. The lowest BCUT2D eigenvalue weighted by Crippen LogP contribution is -2.27. The number of hydrogen-bond donors (Lipinski definition) is 1. The van der Waals surface area contributed by atoms with Crippen molar-refractivity contribution in [3.05, 3.63) is 15.9 Å². The van der Waals surface area contributed by atoms with Crippen LogP contribution in [0.1, 0.15) is 38.6 Å². The van der Waals surface area contributed by atoms with Gasteiger partial charge in [0.2, 0.25) is 0 Å². The minimum absolute atomic E-state index is 0.132. The number of nitrogens with one attached hydrogen (secondary N) is 1. The number of halogens is 1. The molecular weight excluding hydrogens is 278 g/mol. The minimum Gasteiger partial charge on any atom is -0.298 e. The highest BCUT2D eigenvalue weighted by atomic mass is 79.9. The Hall–Kier alpha value is -0.790. The van der Waals surface area contributed by atoms with E-state index in [1.165, 1.54) is 5.69 Å². The van der Waals surface area contributed by atoms with Crippen LogP contribution in [0.5, 0.6) is 0 Å². The molecule has 1 aromatic heterocycles. The van der Waals surface area contributed by atoms with Gasteiger partial charge in [-0.2, -0.15) is 5.10 Å². The van der Waals surface area contributed by atoms with Gasteiger partial charge < -0.3 is 0 Å². The quantitative estimate of drug-likeness (QED) is 0.818. The monoisotopic (exact) mass is 297 g/mol. The lowest BCUT2D eigenvalue weighted by atomic mass is 10.2. The van der Waals surface area contributed by atoms with Crippen LogP contribution in [0, 0.1) is 12.3 Å². The Balaban J connectivity index is 2.83. The molecule has 0 aromatic carbocycles. The molecule has 0 radical (unpaired) electrons. The maximum Gasteiger partial charge on any atom is 0.0767 e. The molecule has 1 atom stereocenters. The first kappa shape index (κ1) is 14.3. The molecule has 1 N–H and O–H groups in total. The summed E-state index contributed by atoms with van der Waals surface area (Å²) in [5, 5.41) is 7.92. The largest absolute Gasteiger partial charge is 0.298 e. The van der Waals surface area contributed by atoms with E-state index in [0.717, 1.165) is 36.1 Å². The van der Waals surface area contributed by atoms with Crippen LogP contribution in [0.3, 0.4) is 0 Å². The summed E-state index contributed by atoms with van der Waals surface area (Å²) in [6.07, 6.45) is 7.32. The summed E-state index contributed by atoms with van der Waals surface area (Å²) in [5.74, 6) is 2.74. The topological polar surface area (TPSA) is 29.9 Å². The van der Waals surface area contributed by atoms with Crippen LogP contribution >= 0.6 is 15.9 Å². The van der Waals surface area contributed by atoms with Gasteiger partial charge in [0.05, 0.1) is 21.9 Å². The van der Waals surface area contributed by atoms with Crippen LogP contribution in [0.25, 0.3) is 0 Å². The maximum atomic E-state index is 5.44. The summed E-state index contributed by atoms with van der Waals surface area (Å²) < 4.78 is 3.14. The number of nitrogens with zero attached hydrogens (tertiary/aromatic N) is 2. The van der Waals surface area contributed by atoms with Crippen molar-refractivity contribution in [2.24, 2.45) is 0 Å². The first-order valence-corrected chi connectivity index (χ1v) is 6.90. The molecular formula is C13H20BrN3. The summed E-state index contributed by atoms with van der Waals surface area (Å²) >= 11 is 3.62. The Bertz CT molecular complexity index is 404. The van der Waals surface area contributed by atoms with Gasteiger partial charge in [-0.15, -0.1) is 6.42 Å². The molecule has 1 heterocycles. The molecule has 1 aromatic rings. The van der Waals surface area contributed by atoms with E-state index in [1.54, 1.807) is 0 Å². The van der Waals surface area contributed by atoms with Crippen molar-refractivity contribution < 1.29 is 0 Å². The van der Waals surface area contributed by atoms with Crippen molar-refractivity contribution in [3.8, 4) is 12.3 Å². The third-order valence-electron chi connectivity index (χ3n) is 2.82. The number of aryl methyl sites for hydroxylation is 2. The van der Waals surface area contributed by atoms with E-state index in [0.29, 0.717) is 0 Å². The van der Waals surface area contributed by atoms with Gasteiger partial charge in [-0.3, -0.25) is 10.00 Å². The third kappa shape index (κ3) is 3.34. The molecule has 1 rings (SSSR count). The maximum absolute atomic E-state index is 5.44. The van der Waals surface area contributed by atoms with Crippen molar-refractivity contribution in [3.63, 3.8) is 0 Å². The smallest absolute Gasteiger partial charge is 0.0767 e. The summed E-state index contributed by atoms with van der Waals surface area (Å²) in [7, 11) is 0. The fourth-order valence-corrected chi connectivity index (χ4v) is 2.43. The highest BCUT2D eigenvalue weighted by Gasteiger charge is 2.14. The Kier molecular flexibility index (Phi) is 5.73. The molecule has 3 nitrogen and oxygen atoms in total. The van der Waals surface area contributed by atoms with Crippen molar-refractivity contribution in [1.29, 1.82) is 0 Å². The average Bonchev–Trinajstić information content (AvgIpc) is 2.67. The molecule has 94 valence electrons. The van der Waals surface area contributed by atoms with Gasteiger partial charge in [0.25, 0.3) is 0 Å². The summed E-state index contributed by atoms with van der Waals surface area (Å²) in [4.78, 5) is 0. The van der Waals surface area contributed by atoms with E-state index in [9.17, 15) is 0 Å². The normalized spacial score (nSPS) is 12.4. The van der Waals surface area contributed by atoms with E-state index in [2.05, 4.69) is 53.0 Å². The van der Waals surface area contributed by atoms with E-state index in [4.69, 9.17) is 6.42 Å². The second-order valence-electron chi connectivity index (χ2n) is 3.89. The van der Waals surface area contributed by atoms with Crippen LogP contribution in [0.15, 0.2) is 4.47 Å². The van der Waals surface area contributed by atoms with Crippen LogP contribution in [-0.4, -0.2) is 15.8 Å². The lowest BCUT2D eigenvalue weighted by molar-refractivity contribution is 0.541. The Morgan fingerprint density at radius 2 is 2.18 bits per heavy atom. The van der Waals surface area contributed by atoms with Crippen molar-refractivity contribution >= 4 is 15.9 Å². The molecule has 17 heavy (non-hydrogen) atoms. The number of rotatable bonds is 6. The Morgan fingerprint density at radius 3 is 2.65 bits per heavy atom. The van der Waals surface area contributed by atoms with Gasteiger partial charge in [0, 0.05) is 13.1 Å². The number of hydrogen-bond acceptors (Lipinski definition) is 2. The predicted octanol–water partition coefficient (Wildman–Crippen LogP) is 2.73. The molecule has 0 aliphatic rings. The van der Waals surface area contributed by atoms with Crippen LogP contribution < -0.4 is 5.32 Å². The highest BCUT2D eigenvalue weighted by molar-refractivity contribution is 9.10. The third-order valence-corrected chi connectivity index (χ3v) is 3.73. The fraction of sp³-hybridized carbons (Fsp3) is 0.615. The Morgan fingerprint density at radius 1 is 1.47 bits per heavy atom. The standard InChI is InChI=1S/C13H20BrN3/c1-5-10(6-2)15-9-12-13(14)11(7-3)16-17(12)8-4/h1,10,15H,6-9H2,2-4H3. The van der Waals surface area contributed by atoms with Gasteiger partial charge in [-0.05, 0) is 35.7 Å². The Labute approximate surface area is 112 Å². The molecule has 0 saturated heterocycles. The minimum atomic E-state index is 0.132. The highest BCUT2D eigenvalue weighted by Crippen LogP contribution is 2.22. The zero-order valence-electron chi connectivity index (χ0n) is 10.8. The van der Waals surface area contributed by atoms with Gasteiger partial charge in [-0.25, -0.2) is 0 Å². The first-order chi connectivity index (χ1) is 8.17.